The van der Waals surface area contributed by atoms with Gasteiger partial charge in [-0.25, -0.2) is 4.79 Å². The minimum Gasteiger partial charge on any atom is -0.460 e. The summed E-state index contributed by atoms with van der Waals surface area (Å²) in [5, 5.41) is 3.32. The van der Waals surface area contributed by atoms with Crippen LogP contribution in [0, 0.1) is 0 Å². The summed E-state index contributed by atoms with van der Waals surface area (Å²) in [5.74, 6) is -0.361. The van der Waals surface area contributed by atoms with Gasteiger partial charge in [-0.3, -0.25) is 0 Å². The molecule has 0 aromatic heterocycles. The predicted octanol–water partition coefficient (Wildman–Crippen LogP) is 7.57. The van der Waals surface area contributed by atoms with E-state index in [4.69, 9.17) is 61.6 Å². The fraction of sp³-hybridized carbons (Fsp3) is 0.854. The first-order valence-corrected chi connectivity index (χ1v) is 24.2. The molecule has 63 heavy (non-hydrogen) atoms. The molecule has 370 valence electrons. The summed E-state index contributed by atoms with van der Waals surface area (Å²) in [6.07, 6.45) is 17.1. The van der Waals surface area contributed by atoms with Crippen molar-refractivity contribution in [1.82, 2.24) is 0 Å². The van der Waals surface area contributed by atoms with E-state index < -0.39 is 0 Å². The van der Waals surface area contributed by atoms with Crippen LogP contribution in [0.4, 0.5) is 5.69 Å². The molecule has 0 spiro atoms. The summed E-state index contributed by atoms with van der Waals surface area (Å²) in [7, 11) is 0. The first-order chi connectivity index (χ1) is 31.3. The average Bonchev–Trinajstić information content (AvgIpc) is 3.30. The minimum atomic E-state index is -0.361. The van der Waals surface area contributed by atoms with Gasteiger partial charge in [0.2, 0.25) is 0 Å². The number of carbonyl (C=O) groups excluding carboxylic acids is 1. The Hall–Kier alpha value is -1.99. The Kier molecular flexibility index (Phi) is 47.8. The second kappa shape index (κ2) is 51.0. The summed E-state index contributed by atoms with van der Waals surface area (Å²) in [6.45, 7) is 17.9. The SMILES string of the molecule is CCCCCCCCCCCCCOCCOCCOCCOCCOCCOCCOCCOCCOCCOCCOCCOCCOC(=O)c1ccc(NCCCC)cc1. The molecule has 15 heteroatoms. The number of hydrogen-bond acceptors (Lipinski definition) is 15. The average molecular weight is 904 g/mol. The summed E-state index contributed by atoms with van der Waals surface area (Å²) in [6, 6.07) is 7.30. The predicted molar refractivity (Wildman–Crippen MR) is 246 cm³/mol. The smallest absolute Gasteiger partial charge is 0.338 e. The Morgan fingerprint density at radius 2 is 0.603 bits per heavy atom. The van der Waals surface area contributed by atoms with Crippen molar-refractivity contribution in [2.45, 2.75) is 97.3 Å². The van der Waals surface area contributed by atoms with Crippen LogP contribution in [0.15, 0.2) is 24.3 Å². The third-order valence-electron chi connectivity index (χ3n) is 9.43. The van der Waals surface area contributed by atoms with Gasteiger partial charge in [0.05, 0.1) is 158 Å². The Morgan fingerprint density at radius 3 is 0.921 bits per heavy atom. The molecule has 0 aliphatic heterocycles. The van der Waals surface area contributed by atoms with E-state index in [0.29, 0.717) is 158 Å². The van der Waals surface area contributed by atoms with Crippen molar-refractivity contribution < 1.29 is 66.4 Å². The van der Waals surface area contributed by atoms with Crippen LogP contribution in [0.25, 0.3) is 0 Å². The minimum absolute atomic E-state index is 0.189. The molecule has 0 atom stereocenters. The van der Waals surface area contributed by atoms with Crippen molar-refractivity contribution in [3.8, 4) is 0 Å². The molecule has 1 rings (SSSR count). The summed E-state index contributed by atoms with van der Waals surface area (Å²) < 4.78 is 71.6. The molecule has 0 saturated carbocycles. The lowest BCUT2D eigenvalue weighted by Gasteiger charge is -2.09. The van der Waals surface area contributed by atoms with Crippen molar-refractivity contribution in [2.24, 2.45) is 0 Å². The molecular formula is C48H89NO14. The fourth-order valence-corrected chi connectivity index (χ4v) is 5.80. The normalized spacial score (nSPS) is 11.5. The molecule has 0 radical (unpaired) electrons. The maximum Gasteiger partial charge on any atom is 0.338 e. The maximum atomic E-state index is 12.2. The molecule has 0 unspecified atom stereocenters. The number of rotatable bonds is 53. The van der Waals surface area contributed by atoms with Crippen molar-refractivity contribution >= 4 is 11.7 Å². The lowest BCUT2D eigenvalue weighted by molar-refractivity contribution is -0.0288. The number of nitrogens with one attached hydrogen (secondary N) is 1. The third-order valence-corrected chi connectivity index (χ3v) is 9.43. The third kappa shape index (κ3) is 45.0. The lowest BCUT2D eigenvalue weighted by Crippen LogP contribution is -2.16. The summed E-state index contributed by atoms with van der Waals surface area (Å²) in [5.41, 5.74) is 1.51. The molecule has 0 fully saturated rings. The molecule has 0 amide bonds. The number of carbonyl (C=O) groups is 1. The highest BCUT2D eigenvalue weighted by Crippen LogP contribution is 2.12. The van der Waals surface area contributed by atoms with E-state index in [9.17, 15) is 4.79 Å². The van der Waals surface area contributed by atoms with Gasteiger partial charge >= 0.3 is 5.97 Å². The standard InChI is InChI=1S/C48H89NO14/c1-3-5-7-8-9-10-11-12-13-14-15-21-51-22-23-52-24-25-53-26-27-54-28-29-55-30-31-56-32-33-57-34-35-58-36-37-59-38-39-60-40-41-61-42-43-62-44-45-63-48(50)46-16-18-47(19-17-46)49-20-6-4-2/h16-19,49H,3-15,20-45H2,1-2H3. The van der Waals surface area contributed by atoms with E-state index in [1.807, 2.05) is 12.1 Å². The molecule has 1 aromatic rings. The first-order valence-electron chi connectivity index (χ1n) is 24.2. The highest BCUT2D eigenvalue weighted by molar-refractivity contribution is 5.89. The molecule has 1 aromatic carbocycles. The number of anilines is 1. The molecule has 0 bridgehead atoms. The molecule has 0 aliphatic rings. The zero-order valence-corrected chi connectivity index (χ0v) is 39.6. The number of ether oxygens (including phenoxy) is 13. The Balaban J connectivity index is 1.64. The van der Waals surface area contributed by atoms with Crippen LogP contribution >= 0.6 is 0 Å². The van der Waals surface area contributed by atoms with E-state index in [1.54, 1.807) is 12.1 Å². The van der Waals surface area contributed by atoms with Gasteiger partial charge in [-0.15, -0.1) is 0 Å². The number of benzene rings is 1. The molecular weight excluding hydrogens is 815 g/mol. The molecule has 1 N–H and O–H groups in total. The monoisotopic (exact) mass is 904 g/mol. The van der Waals surface area contributed by atoms with Crippen molar-refractivity contribution in [3.05, 3.63) is 29.8 Å². The summed E-state index contributed by atoms with van der Waals surface area (Å²) in [4.78, 5) is 12.2. The number of hydrogen-bond donors (Lipinski definition) is 1. The molecule has 0 saturated heterocycles. The van der Waals surface area contributed by atoms with Gasteiger partial charge in [0, 0.05) is 18.8 Å². The van der Waals surface area contributed by atoms with Crippen LogP contribution in [0.3, 0.4) is 0 Å². The van der Waals surface area contributed by atoms with Crippen LogP contribution in [-0.2, 0) is 61.6 Å². The highest BCUT2D eigenvalue weighted by atomic mass is 16.6. The molecule has 15 nitrogen and oxygen atoms in total. The van der Waals surface area contributed by atoms with E-state index in [0.717, 1.165) is 38.1 Å². The topological polar surface area (TPSA) is 149 Å². The van der Waals surface area contributed by atoms with Crippen LogP contribution in [0.1, 0.15) is 108 Å². The van der Waals surface area contributed by atoms with Crippen molar-refractivity contribution in [3.63, 3.8) is 0 Å². The van der Waals surface area contributed by atoms with E-state index in [-0.39, 0.29) is 12.6 Å². The summed E-state index contributed by atoms with van der Waals surface area (Å²) >= 11 is 0. The van der Waals surface area contributed by atoms with Gasteiger partial charge in [0.15, 0.2) is 0 Å². The fourth-order valence-electron chi connectivity index (χ4n) is 5.80. The Morgan fingerprint density at radius 1 is 0.333 bits per heavy atom. The van der Waals surface area contributed by atoms with E-state index in [2.05, 4.69) is 19.2 Å². The van der Waals surface area contributed by atoms with Gasteiger partial charge in [0.1, 0.15) is 6.61 Å². The zero-order chi connectivity index (χ0) is 45.0. The second-order valence-electron chi connectivity index (χ2n) is 14.9. The van der Waals surface area contributed by atoms with Crippen LogP contribution in [-0.4, -0.2) is 178 Å². The van der Waals surface area contributed by atoms with Gasteiger partial charge in [0.25, 0.3) is 0 Å². The number of unbranched alkanes of at least 4 members (excludes halogenated alkanes) is 11. The van der Waals surface area contributed by atoms with Gasteiger partial charge < -0.3 is 66.9 Å². The van der Waals surface area contributed by atoms with Gasteiger partial charge in [-0.1, -0.05) is 84.5 Å². The van der Waals surface area contributed by atoms with E-state index >= 15 is 0 Å². The van der Waals surface area contributed by atoms with Crippen molar-refractivity contribution in [1.29, 1.82) is 0 Å². The van der Waals surface area contributed by atoms with Crippen molar-refractivity contribution in [2.75, 3.05) is 177 Å². The number of esters is 1. The van der Waals surface area contributed by atoms with Gasteiger partial charge in [-0.2, -0.15) is 0 Å². The lowest BCUT2D eigenvalue weighted by atomic mass is 10.1. The highest BCUT2D eigenvalue weighted by Gasteiger charge is 2.07. The van der Waals surface area contributed by atoms with Crippen LogP contribution < -0.4 is 5.32 Å². The Labute approximate surface area is 381 Å². The molecule has 0 aliphatic carbocycles. The first kappa shape index (κ1) is 59.0. The van der Waals surface area contributed by atoms with E-state index in [1.165, 1.54) is 64.2 Å². The van der Waals surface area contributed by atoms with Gasteiger partial charge in [-0.05, 0) is 37.1 Å². The quantitative estimate of drug-likeness (QED) is 0.0506. The molecule has 0 heterocycles. The largest absolute Gasteiger partial charge is 0.460 e. The Bertz CT molecular complexity index is 1040. The zero-order valence-electron chi connectivity index (χ0n) is 39.6. The maximum absolute atomic E-state index is 12.2. The second-order valence-corrected chi connectivity index (χ2v) is 14.9. The van der Waals surface area contributed by atoms with Crippen LogP contribution in [0.5, 0.6) is 0 Å². The van der Waals surface area contributed by atoms with Crippen LogP contribution in [0.2, 0.25) is 0 Å².